The highest BCUT2D eigenvalue weighted by Crippen LogP contribution is 2.24. The summed E-state index contributed by atoms with van der Waals surface area (Å²) >= 11 is 2.94. The molecule has 0 amide bonds. The molecule has 2 aromatic carbocycles. The topological polar surface area (TPSA) is 12.0 Å². The Kier molecular flexibility index (Phi) is 4.09. The first kappa shape index (κ1) is 13.9. The molecule has 1 nitrogen and oxygen atoms in total. The lowest BCUT2D eigenvalue weighted by molar-refractivity contribution is 0.556. The first-order chi connectivity index (χ1) is 8.99. The number of benzene rings is 2. The molecule has 0 unspecified atom stereocenters. The monoisotopic (exact) mass is 333 g/mol. The minimum atomic E-state index is -0.844. The van der Waals surface area contributed by atoms with Crippen molar-refractivity contribution in [3.63, 3.8) is 0 Å². The third-order valence-corrected chi connectivity index (χ3v) is 2.97. The third-order valence-electron chi connectivity index (χ3n) is 2.51. The zero-order chi connectivity index (χ0) is 14.0. The number of nitrogens with one attached hydrogen (secondary N) is 1. The second-order valence-corrected chi connectivity index (χ2v) is 4.71. The Labute approximate surface area is 115 Å². The van der Waals surface area contributed by atoms with Gasteiger partial charge in [-0.2, -0.15) is 0 Å². The van der Waals surface area contributed by atoms with Gasteiger partial charge in [-0.3, -0.25) is 0 Å². The van der Waals surface area contributed by atoms with Crippen LogP contribution < -0.4 is 5.32 Å². The van der Waals surface area contributed by atoms with Gasteiger partial charge in [-0.05, 0) is 24.3 Å². The smallest absolute Gasteiger partial charge is 0.150 e. The fraction of sp³-hybridized carbons (Fsp3) is 0.0769. The van der Waals surface area contributed by atoms with Gasteiger partial charge >= 0.3 is 0 Å². The van der Waals surface area contributed by atoms with E-state index in [1.54, 1.807) is 0 Å². The van der Waals surface area contributed by atoms with Crippen LogP contribution in [0.3, 0.4) is 0 Å². The lowest BCUT2D eigenvalue weighted by atomic mass is 10.2. The summed E-state index contributed by atoms with van der Waals surface area (Å²) in [5.41, 5.74) is -0.699. The number of rotatable bonds is 3. The first-order valence-electron chi connectivity index (χ1n) is 5.30. The van der Waals surface area contributed by atoms with Crippen molar-refractivity contribution in [1.29, 1.82) is 0 Å². The molecule has 1 N–H and O–H groups in total. The van der Waals surface area contributed by atoms with E-state index in [-0.39, 0.29) is 16.6 Å². The standard InChI is InChI=1S/C13H8BrF4N/c14-7-4-11(17)13(12(18)5-7)19-6-8-9(15)2-1-3-10(8)16/h1-5,19H,6H2. The summed E-state index contributed by atoms with van der Waals surface area (Å²) in [6.45, 7) is -0.353. The summed E-state index contributed by atoms with van der Waals surface area (Å²) in [6.07, 6.45) is 0. The number of halogens is 5. The van der Waals surface area contributed by atoms with Crippen LogP contribution >= 0.6 is 15.9 Å². The van der Waals surface area contributed by atoms with Crippen molar-refractivity contribution in [2.24, 2.45) is 0 Å². The van der Waals surface area contributed by atoms with E-state index in [0.29, 0.717) is 0 Å². The number of anilines is 1. The molecular formula is C13H8BrF4N. The number of hydrogen-bond donors (Lipinski definition) is 1. The molecule has 0 saturated heterocycles. The summed E-state index contributed by atoms with van der Waals surface area (Å²) in [7, 11) is 0. The van der Waals surface area contributed by atoms with E-state index in [2.05, 4.69) is 21.2 Å². The Balaban J connectivity index is 2.24. The van der Waals surface area contributed by atoms with Crippen LogP contribution in [0.2, 0.25) is 0 Å². The van der Waals surface area contributed by atoms with Gasteiger partial charge in [0.25, 0.3) is 0 Å². The molecule has 0 aromatic heterocycles. The normalized spacial score (nSPS) is 10.6. The van der Waals surface area contributed by atoms with Crippen LogP contribution in [0, 0.1) is 23.3 Å². The summed E-state index contributed by atoms with van der Waals surface area (Å²) in [6, 6.07) is 5.49. The van der Waals surface area contributed by atoms with Gasteiger partial charge in [0.15, 0.2) is 0 Å². The maximum Gasteiger partial charge on any atom is 0.150 e. The van der Waals surface area contributed by atoms with Crippen molar-refractivity contribution in [3.8, 4) is 0 Å². The Morgan fingerprint density at radius 2 is 1.42 bits per heavy atom. The highest BCUT2D eigenvalue weighted by Gasteiger charge is 2.13. The molecule has 0 heterocycles. The SMILES string of the molecule is Fc1cccc(F)c1CNc1c(F)cc(Br)cc1F. The summed E-state index contributed by atoms with van der Waals surface area (Å²) in [5, 5.41) is 2.36. The Bertz CT molecular complexity index is 572. The van der Waals surface area contributed by atoms with Gasteiger partial charge in [0.2, 0.25) is 0 Å². The Morgan fingerprint density at radius 3 is 1.95 bits per heavy atom. The van der Waals surface area contributed by atoms with Gasteiger partial charge in [-0.25, -0.2) is 17.6 Å². The zero-order valence-corrected chi connectivity index (χ0v) is 11.1. The fourth-order valence-electron chi connectivity index (χ4n) is 1.59. The van der Waals surface area contributed by atoms with Crippen molar-refractivity contribution in [2.45, 2.75) is 6.54 Å². The van der Waals surface area contributed by atoms with Crippen LogP contribution in [0.1, 0.15) is 5.56 Å². The summed E-state index contributed by atoms with van der Waals surface area (Å²) in [5.74, 6) is -3.23. The van der Waals surface area contributed by atoms with E-state index in [4.69, 9.17) is 0 Å². The molecule has 0 aliphatic heterocycles. The second-order valence-electron chi connectivity index (χ2n) is 3.80. The van der Waals surface area contributed by atoms with Crippen molar-refractivity contribution in [2.75, 3.05) is 5.32 Å². The lowest BCUT2D eigenvalue weighted by Crippen LogP contribution is -2.07. The molecule has 0 fully saturated rings. The maximum atomic E-state index is 13.5. The van der Waals surface area contributed by atoms with Gasteiger partial charge in [0, 0.05) is 16.6 Å². The molecule has 19 heavy (non-hydrogen) atoms. The van der Waals surface area contributed by atoms with Gasteiger partial charge in [-0.15, -0.1) is 0 Å². The Morgan fingerprint density at radius 1 is 0.895 bits per heavy atom. The molecule has 0 atom stereocenters. The molecule has 2 aromatic rings. The Hall–Kier alpha value is -1.56. The zero-order valence-electron chi connectivity index (χ0n) is 9.48. The highest BCUT2D eigenvalue weighted by molar-refractivity contribution is 9.10. The average Bonchev–Trinajstić information content (AvgIpc) is 2.31. The highest BCUT2D eigenvalue weighted by atomic mass is 79.9. The van der Waals surface area contributed by atoms with Gasteiger partial charge in [-0.1, -0.05) is 22.0 Å². The predicted octanol–water partition coefficient (Wildman–Crippen LogP) is 4.62. The molecule has 0 aliphatic rings. The van der Waals surface area contributed by atoms with Crippen LogP contribution in [0.15, 0.2) is 34.8 Å². The second kappa shape index (κ2) is 5.61. The third kappa shape index (κ3) is 3.07. The van der Waals surface area contributed by atoms with E-state index in [1.165, 1.54) is 6.07 Å². The van der Waals surface area contributed by atoms with Gasteiger partial charge in [0.1, 0.15) is 29.0 Å². The van der Waals surface area contributed by atoms with Gasteiger partial charge < -0.3 is 5.32 Å². The lowest BCUT2D eigenvalue weighted by Gasteiger charge is -2.10. The van der Waals surface area contributed by atoms with Crippen molar-refractivity contribution < 1.29 is 17.6 Å². The van der Waals surface area contributed by atoms with Crippen LogP contribution in [0.4, 0.5) is 23.2 Å². The quantitative estimate of drug-likeness (QED) is 0.808. The molecule has 100 valence electrons. The summed E-state index contributed by atoms with van der Waals surface area (Å²) in [4.78, 5) is 0. The van der Waals surface area contributed by atoms with E-state index >= 15 is 0 Å². The molecular weight excluding hydrogens is 326 g/mol. The van der Waals surface area contributed by atoms with E-state index in [0.717, 1.165) is 24.3 Å². The van der Waals surface area contributed by atoms with Crippen LogP contribution in [0.5, 0.6) is 0 Å². The van der Waals surface area contributed by atoms with Crippen molar-refractivity contribution in [1.82, 2.24) is 0 Å². The van der Waals surface area contributed by atoms with Crippen molar-refractivity contribution in [3.05, 3.63) is 63.6 Å². The molecule has 0 saturated carbocycles. The fourth-order valence-corrected chi connectivity index (χ4v) is 1.99. The molecule has 0 radical (unpaired) electrons. The molecule has 0 aliphatic carbocycles. The molecule has 6 heteroatoms. The van der Waals surface area contributed by atoms with E-state index in [1.807, 2.05) is 0 Å². The van der Waals surface area contributed by atoms with Crippen LogP contribution in [-0.4, -0.2) is 0 Å². The van der Waals surface area contributed by atoms with E-state index in [9.17, 15) is 17.6 Å². The maximum absolute atomic E-state index is 13.5. The minimum Gasteiger partial charge on any atom is -0.376 e. The predicted molar refractivity (Wildman–Crippen MR) is 67.7 cm³/mol. The van der Waals surface area contributed by atoms with Gasteiger partial charge in [0.05, 0.1) is 0 Å². The summed E-state index contributed by atoms with van der Waals surface area (Å²) < 4.78 is 53.9. The van der Waals surface area contributed by atoms with E-state index < -0.39 is 29.0 Å². The van der Waals surface area contributed by atoms with Crippen LogP contribution in [-0.2, 0) is 6.54 Å². The molecule has 0 bridgehead atoms. The minimum absolute atomic E-state index is 0.241. The number of hydrogen-bond acceptors (Lipinski definition) is 1. The molecule has 0 spiro atoms. The average molecular weight is 334 g/mol. The molecule has 2 rings (SSSR count). The first-order valence-corrected chi connectivity index (χ1v) is 6.09. The van der Waals surface area contributed by atoms with Crippen molar-refractivity contribution >= 4 is 21.6 Å². The van der Waals surface area contributed by atoms with Crippen LogP contribution in [0.25, 0.3) is 0 Å². The largest absolute Gasteiger partial charge is 0.376 e.